The molecule has 10 heteroatoms. The average molecular weight is 513 g/mol. The molecule has 0 unspecified atom stereocenters. The largest absolute Gasteiger partial charge is 0.368 e. The van der Waals surface area contributed by atoms with Crippen molar-refractivity contribution in [2.45, 2.75) is 19.9 Å². The highest BCUT2D eigenvalue weighted by molar-refractivity contribution is 14.0. The predicted octanol–water partition coefficient (Wildman–Crippen LogP) is 1.47. The number of hydrogen-bond donors (Lipinski definition) is 2. The van der Waals surface area contributed by atoms with E-state index in [2.05, 4.69) is 24.8 Å². The van der Waals surface area contributed by atoms with Gasteiger partial charge in [-0.25, -0.2) is 17.5 Å². The highest BCUT2D eigenvalue weighted by Crippen LogP contribution is 2.16. The summed E-state index contributed by atoms with van der Waals surface area (Å²) in [5, 5.41) is 3.12. The fraction of sp³-hybridized carbons (Fsp3) is 0.588. The number of guanidine groups is 1. The summed E-state index contributed by atoms with van der Waals surface area (Å²) in [6.45, 7) is 6.99. The van der Waals surface area contributed by atoms with Crippen molar-refractivity contribution in [2.24, 2.45) is 4.99 Å². The first kappa shape index (κ1) is 23.9. The second kappa shape index (κ2) is 11.0. The van der Waals surface area contributed by atoms with Crippen molar-refractivity contribution in [1.29, 1.82) is 0 Å². The van der Waals surface area contributed by atoms with Crippen molar-refractivity contribution in [2.75, 3.05) is 50.4 Å². The summed E-state index contributed by atoms with van der Waals surface area (Å²) in [5.41, 5.74) is 1.000. The molecule has 0 aromatic heterocycles. The van der Waals surface area contributed by atoms with Crippen LogP contribution in [0, 0.1) is 5.82 Å². The number of anilines is 1. The lowest BCUT2D eigenvalue weighted by Crippen LogP contribution is -2.53. The number of nitrogens with zero attached hydrogens (tertiary/aromatic N) is 3. The molecule has 0 amide bonds. The normalized spacial score (nSPS) is 15.7. The Hall–Kier alpha value is -1.14. The highest BCUT2D eigenvalue weighted by Gasteiger charge is 2.20. The molecule has 1 aromatic rings. The van der Waals surface area contributed by atoms with Gasteiger partial charge in [-0.05, 0) is 38.1 Å². The Morgan fingerprint density at radius 1 is 1.19 bits per heavy atom. The molecule has 154 valence electrons. The quantitative estimate of drug-likeness (QED) is 0.343. The molecule has 1 saturated heterocycles. The van der Waals surface area contributed by atoms with Gasteiger partial charge in [0.1, 0.15) is 5.82 Å². The topological polar surface area (TPSA) is 77.0 Å². The zero-order chi connectivity index (χ0) is 19.2. The lowest BCUT2D eigenvalue weighted by molar-refractivity contribution is 0.373. The molecule has 0 atom stereocenters. The monoisotopic (exact) mass is 513 g/mol. The molecule has 27 heavy (non-hydrogen) atoms. The minimum Gasteiger partial charge on any atom is -0.368 e. The molecule has 0 aliphatic carbocycles. The van der Waals surface area contributed by atoms with Crippen molar-refractivity contribution < 1.29 is 12.8 Å². The summed E-state index contributed by atoms with van der Waals surface area (Å²) in [7, 11) is -1.60. The highest BCUT2D eigenvalue weighted by atomic mass is 127. The van der Waals surface area contributed by atoms with Gasteiger partial charge < -0.3 is 15.1 Å². The van der Waals surface area contributed by atoms with Crippen molar-refractivity contribution >= 4 is 45.6 Å². The lowest BCUT2D eigenvalue weighted by atomic mass is 10.2. The summed E-state index contributed by atoms with van der Waals surface area (Å²) in [6.07, 6.45) is 0. The van der Waals surface area contributed by atoms with Crippen LogP contribution in [-0.4, -0.2) is 70.8 Å². The van der Waals surface area contributed by atoms with Crippen LogP contribution in [0.4, 0.5) is 10.1 Å². The molecule has 1 aromatic carbocycles. The Kier molecular flexibility index (Phi) is 9.74. The maximum Gasteiger partial charge on any atom is 0.213 e. The SMILES string of the molecule is CN=C(NCCS(=O)(=O)NC(C)C)N1CCN(c2ccc(F)cc2)CC1.I. The zero-order valence-electron chi connectivity index (χ0n) is 16.0. The third kappa shape index (κ3) is 7.78. The molecule has 1 aliphatic rings. The second-order valence-electron chi connectivity index (χ2n) is 6.52. The maximum atomic E-state index is 13.0. The molecular formula is C17H29FIN5O2S. The fourth-order valence-electron chi connectivity index (χ4n) is 2.88. The van der Waals surface area contributed by atoms with E-state index < -0.39 is 10.0 Å². The first-order valence-corrected chi connectivity index (χ1v) is 10.4. The Morgan fingerprint density at radius 3 is 2.30 bits per heavy atom. The third-order valence-electron chi connectivity index (χ3n) is 4.05. The number of nitrogens with one attached hydrogen (secondary N) is 2. The molecule has 0 radical (unpaired) electrons. The lowest BCUT2D eigenvalue weighted by Gasteiger charge is -2.37. The molecular weight excluding hydrogens is 484 g/mol. The van der Waals surface area contributed by atoms with E-state index in [4.69, 9.17) is 0 Å². The van der Waals surface area contributed by atoms with Gasteiger partial charge in [0, 0.05) is 51.5 Å². The summed E-state index contributed by atoms with van der Waals surface area (Å²) >= 11 is 0. The van der Waals surface area contributed by atoms with E-state index in [1.54, 1.807) is 33.0 Å². The van der Waals surface area contributed by atoms with E-state index in [-0.39, 0.29) is 41.6 Å². The molecule has 0 bridgehead atoms. The number of piperazine rings is 1. The van der Waals surface area contributed by atoms with Gasteiger partial charge in [-0.3, -0.25) is 4.99 Å². The zero-order valence-corrected chi connectivity index (χ0v) is 19.1. The van der Waals surface area contributed by atoms with Crippen LogP contribution >= 0.6 is 24.0 Å². The summed E-state index contributed by atoms with van der Waals surface area (Å²) in [6, 6.07) is 6.38. The Labute approximate surface area is 178 Å². The number of rotatable bonds is 6. The second-order valence-corrected chi connectivity index (χ2v) is 8.39. The van der Waals surface area contributed by atoms with E-state index in [0.717, 1.165) is 31.9 Å². The van der Waals surface area contributed by atoms with E-state index in [1.807, 2.05) is 0 Å². The van der Waals surface area contributed by atoms with Gasteiger partial charge in [-0.2, -0.15) is 0 Å². The van der Waals surface area contributed by atoms with Gasteiger partial charge in [0.25, 0.3) is 0 Å². The van der Waals surface area contributed by atoms with Crippen LogP contribution in [0.2, 0.25) is 0 Å². The summed E-state index contributed by atoms with van der Waals surface area (Å²) in [5.74, 6) is 0.460. The molecule has 1 heterocycles. The Bertz CT molecular complexity index is 705. The first-order chi connectivity index (χ1) is 12.3. The molecule has 0 saturated carbocycles. The average Bonchev–Trinajstić information content (AvgIpc) is 2.58. The predicted molar refractivity (Wildman–Crippen MR) is 119 cm³/mol. The van der Waals surface area contributed by atoms with Crippen LogP contribution in [0.1, 0.15) is 13.8 Å². The van der Waals surface area contributed by atoms with Crippen molar-refractivity contribution in [3.63, 3.8) is 0 Å². The molecule has 1 fully saturated rings. The maximum absolute atomic E-state index is 13.0. The standard InChI is InChI=1S/C17H28FN5O2S.HI/c1-14(2)21-26(24,25)13-8-20-17(19-3)23-11-9-22(10-12-23)16-6-4-15(18)5-7-16;/h4-7,14,21H,8-13H2,1-3H3,(H,19,20);1H. The van der Waals surface area contributed by atoms with Crippen LogP contribution < -0.4 is 14.9 Å². The van der Waals surface area contributed by atoms with Gasteiger partial charge in [-0.1, -0.05) is 0 Å². The first-order valence-electron chi connectivity index (χ1n) is 8.77. The summed E-state index contributed by atoms with van der Waals surface area (Å²) in [4.78, 5) is 8.54. The van der Waals surface area contributed by atoms with Crippen molar-refractivity contribution in [1.82, 2.24) is 14.9 Å². The van der Waals surface area contributed by atoms with Crippen molar-refractivity contribution in [3.05, 3.63) is 30.1 Å². The third-order valence-corrected chi connectivity index (χ3v) is 5.62. The molecule has 2 rings (SSSR count). The van der Waals surface area contributed by atoms with Crippen LogP contribution in [0.25, 0.3) is 0 Å². The Morgan fingerprint density at radius 2 is 1.78 bits per heavy atom. The van der Waals surface area contributed by atoms with Gasteiger partial charge >= 0.3 is 0 Å². The Balaban J connectivity index is 0.00000364. The number of halogens is 2. The van der Waals surface area contributed by atoms with Crippen LogP contribution in [0.15, 0.2) is 29.3 Å². The van der Waals surface area contributed by atoms with Crippen LogP contribution in [0.3, 0.4) is 0 Å². The van der Waals surface area contributed by atoms with Gasteiger partial charge in [0.2, 0.25) is 10.0 Å². The van der Waals surface area contributed by atoms with Gasteiger partial charge in [0.05, 0.1) is 5.75 Å². The van der Waals surface area contributed by atoms with Crippen LogP contribution in [-0.2, 0) is 10.0 Å². The number of sulfonamides is 1. The summed E-state index contributed by atoms with van der Waals surface area (Å²) < 4.78 is 39.4. The number of hydrogen-bond acceptors (Lipinski definition) is 4. The number of aliphatic imine (C=N–C) groups is 1. The van der Waals surface area contributed by atoms with E-state index in [9.17, 15) is 12.8 Å². The van der Waals surface area contributed by atoms with Crippen LogP contribution in [0.5, 0.6) is 0 Å². The molecule has 0 spiro atoms. The minimum absolute atomic E-state index is 0. The van der Waals surface area contributed by atoms with Crippen molar-refractivity contribution in [3.8, 4) is 0 Å². The van der Waals surface area contributed by atoms with Gasteiger partial charge in [-0.15, -0.1) is 24.0 Å². The smallest absolute Gasteiger partial charge is 0.213 e. The van der Waals surface area contributed by atoms with E-state index in [0.29, 0.717) is 12.5 Å². The van der Waals surface area contributed by atoms with Gasteiger partial charge in [0.15, 0.2) is 5.96 Å². The van der Waals surface area contributed by atoms with E-state index >= 15 is 0 Å². The molecule has 1 aliphatic heterocycles. The molecule has 2 N–H and O–H groups in total. The number of benzene rings is 1. The van der Waals surface area contributed by atoms with E-state index in [1.165, 1.54) is 12.1 Å². The minimum atomic E-state index is -3.29. The molecule has 7 nitrogen and oxygen atoms in total. The fourth-order valence-corrected chi connectivity index (χ4v) is 4.08.